The van der Waals surface area contributed by atoms with Gasteiger partial charge in [0.2, 0.25) is 5.78 Å². The molecule has 4 aromatic carbocycles. The molecule has 0 amide bonds. The minimum absolute atomic E-state index is 0.0564. The summed E-state index contributed by atoms with van der Waals surface area (Å²) in [7, 11) is 0. The number of carbonyl (C=O) groups excluding carboxylic acids is 1. The number of aryl methyl sites for hydroxylation is 4. The summed E-state index contributed by atoms with van der Waals surface area (Å²) in [5.74, 6) is 0.576. The summed E-state index contributed by atoms with van der Waals surface area (Å²) in [6.45, 7) is 24.1. The fourth-order valence-electron chi connectivity index (χ4n) is 4.48. The lowest BCUT2D eigenvalue weighted by Crippen LogP contribution is -2.30. The van der Waals surface area contributed by atoms with Gasteiger partial charge >= 0.3 is 0 Å². The van der Waals surface area contributed by atoms with Gasteiger partial charge in [0.05, 0.1) is 17.1 Å². The van der Waals surface area contributed by atoms with Gasteiger partial charge in [0.1, 0.15) is 0 Å². The molecular weight excluding hydrogens is 697 g/mol. The first-order chi connectivity index (χ1) is 27.0. The maximum Gasteiger partial charge on any atom is 0.222 e. The van der Waals surface area contributed by atoms with Crippen molar-refractivity contribution in [2.75, 3.05) is 21.7 Å². The van der Waals surface area contributed by atoms with Crippen molar-refractivity contribution in [3.63, 3.8) is 0 Å². The molecule has 0 radical (unpaired) electrons. The van der Waals surface area contributed by atoms with Crippen LogP contribution in [0, 0.1) is 27.7 Å². The highest BCUT2D eigenvalue weighted by Gasteiger charge is 2.19. The Morgan fingerprint density at radius 3 is 1.41 bits per heavy atom. The fourth-order valence-corrected chi connectivity index (χ4v) is 4.48. The number of anilines is 6. The molecule has 6 rings (SSSR count). The zero-order valence-corrected chi connectivity index (χ0v) is 35.2. The number of nitrogens with two attached hydrogens (primary N) is 2. The molecule has 1 aliphatic heterocycles. The smallest absolute Gasteiger partial charge is 0.222 e. The number of aromatic nitrogens is 1. The van der Waals surface area contributed by atoms with Crippen LogP contribution in [0.5, 0.6) is 5.75 Å². The van der Waals surface area contributed by atoms with Crippen LogP contribution in [0.2, 0.25) is 0 Å². The normalized spacial score (nSPS) is 11.7. The van der Waals surface area contributed by atoms with Gasteiger partial charge < -0.3 is 32.5 Å². The molecule has 2 heterocycles. The molecule has 56 heavy (non-hydrogen) atoms. The molecule has 1 aliphatic rings. The second kappa shape index (κ2) is 25.6. The number of nitrogen functional groups attached to an aromatic ring is 1. The van der Waals surface area contributed by atoms with E-state index >= 15 is 0 Å². The Kier molecular flexibility index (Phi) is 21.7. The highest BCUT2D eigenvalue weighted by Crippen LogP contribution is 2.33. The van der Waals surface area contributed by atoms with Crippen LogP contribution >= 0.6 is 0 Å². The van der Waals surface area contributed by atoms with Crippen LogP contribution in [0.3, 0.4) is 0 Å². The van der Waals surface area contributed by atoms with E-state index in [1.807, 2.05) is 180 Å². The van der Waals surface area contributed by atoms with Crippen molar-refractivity contribution in [2.24, 2.45) is 15.7 Å². The van der Waals surface area contributed by atoms with E-state index in [2.05, 4.69) is 30.9 Å². The van der Waals surface area contributed by atoms with Crippen LogP contribution in [0.1, 0.15) is 77.6 Å². The van der Waals surface area contributed by atoms with Crippen molar-refractivity contribution in [3.05, 3.63) is 137 Å². The van der Waals surface area contributed by atoms with E-state index in [9.17, 15) is 9.90 Å². The first kappa shape index (κ1) is 47.6. The van der Waals surface area contributed by atoms with Gasteiger partial charge in [-0.1, -0.05) is 126 Å². The molecule has 0 atom stereocenters. The molecule has 0 bridgehead atoms. The van der Waals surface area contributed by atoms with Gasteiger partial charge in [-0.25, -0.2) is 15.0 Å². The number of carbonyl (C=O) groups is 1. The highest BCUT2D eigenvalue weighted by atomic mass is 16.3. The van der Waals surface area contributed by atoms with Crippen LogP contribution in [0.15, 0.2) is 125 Å². The molecule has 1 aromatic heterocycles. The van der Waals surface area contributed by atoms with Crippen LogP contribution < -0.4 is 27.4 Å². The second-order valence-corrected chi connectivity index (χ2v) is 11.5. The summed E-state index contributed by atoms with van der Waals surface area (Å²) in [4.78, 5) is 24.8. The van der Waals surface area contributed by atoms with Crippen molar-refractivity contribution in [1.29, 1.82) is 0 Å². The quantitative estimate of drug-likeness (QED) is 0.0955. The Balaban J connectivity index is 0.000000476. The molecule has 0 aliphatic carbocycles. The number of benzene rings is 4. The standard InChI is InChI=1S/C19H20N4O.C19H18N4O.4C2H6/c2*1-12-3-7-14(8-4-12)21-16-11-17(24)18(20)23-19(16)22-15-9-5-13(2)6-10-15;4*1-2/h3-11,21,24H,1-2H3,(H3,20,22,23);3-11,21H,1-2H3,(H2,20,22,23);4*1-2H3. The Hall–Kier alpha value is -6.42. The molecule has 0 unspecified atom stereocenters. The molecule has 0 spiro atoms. The number of amidine groups is 2. The maximum atomic E-state index is 11.9. The molecule has 10 heteroatoms. The van der Waals surface area contributed by atoms with Crippen LogP contribution in [0.25, 0.3) is 0 Å². The van der Waals surface area contributed by atoms with E-state index in [4.69, 9.17) is 11.5 Å². The zero-order chi connectivity index (χ0) is 42.2. The summed E-state index contributed by atoms with van der Waals surface area (Å²) in [5.41, 5.74) is 20.6. The van der Waals surface area contributed by atoms with Gasteiger partial charge in [-0.05, 0) is 76.2 Å². The number of ketones is 1. The van der Waals surface area contributed by atoms with E-state index in [0.29, 0.717) is 23.0 Å². The zero-order valence-electron chi connectivity index (χ0n) is 35.2. The Morgan fingerprint density at radius 2 is 0.964 bits per heavy atom. The largest absolute Gasteiger partial charge is 0.504 e. The number of hydrogen-bond donors (Lipinski definition) is 6. The molecule has 5 aromatic rings. The molecular formula is C46H62N8O2. The number of dihydropyridines is 1. The third kappa shape index (κ3) is 15.5. The van der Waals surface area contributed by atoms with E-state index < -0.39 is 0 Å². The van der Waals surface area contributed by atoms with Crippen LogP contribution in [-0.2, 0) is 4.79 Å². The third-order valence-electron chi connectivity index (χ3n) is 7.27. The Morgan fingerprint density at radius 1 is 0.571 bits per heavy atom. The number of nitrogens with one attached hydrogen (secondary N) is 3. The lowest BCUT2D eigenvalue weighted by atomic mass is 10.2. The summed E-state index contributed by atoms with van der Waals surface area (Å²) < 4.78 is 0. The first-order valence-electron chi connectivity index (χ1n) is 19.3. The minimum Gasteiger partial charge on any atom is -0.504 e. The van der Waals surface area contributed by atoms with Gasteiger partial charge in [0.25, 0.3) is 0 Å². The lowest BCUT2D eigenvalue weighted by molar-refractivity contribution is -0.109. The van der Waals surface area contributed by atoms with Gasteiger partial charge in [-0.3, -0.25) is 4.79 Å². The van der Waals surface area contributed by atoms with Crippen molar-refractivity contribution >= 4 is 57.5 Å². The maximum absolute atomic E-state index is 11.9. The topological polar surface area (TPSA) is 163 Å². The molecule has 10 nitrogen and oxygen atoms in total. The molecule has 0 saturated carbocycles. The molecule has 0 fully saturated rings. The number of pyridine rings is 1. The summed E-state index contributed by atoms with van der Waals surface area (Å²) in [6.07, 6.45) is 1.43. The van der Waals surface area contributed by atoms with Crippen molar-refractivity contribution in [1.82, 2.24) is 4.98 Å². The number of aliphatic imine (C=N–C) groups is 2. The van der Waals surface area contributed by atoms with Gasteiger partial charge in [-0.2, -0.15) is 0 Å². The lowest BCUT2D eigenvalue weighted by Gasteiger charge is -2.15. The van der Waals surface area contributed by atoms with E-state index in [1.54, 1.807) is 6.07 Å². The Labute approximate surface area is 334 Å². The fraction of sp³-hybridized carbons (Fsp3) is 0.261. The van der Waals surface area contributed by atoms with Crippen molar-refractivity contribution in [3.8, 4) is 5.75 Å². The summed E-state index contributed by atoms with van der Waals surface area (Å²) in [5, 5.41) is 19.6. The summed E-state index contributed by atoms with van der Waals surface area (Å²) >= 11 is 0. The number of aromatic hydroxyl groups is 1. The van der Waals surface area contributed by atoms with Crippen molar-refractivity contribution in [2.45, 2.75) is 83.1 Å². The highest BCUT2D eigenvalue weighted by molar-refractivity contribution is 6.47. The van der Waals surface area contributed by atoms with Gasteiger partial charge in [0, 0.05) is 29.2 Å². The predicted molar refractivity (Wildman–Crippen MR) is 242 cm³/mol. The molecule has 8 N–H and O–H groups in total. The number of rotatable bonds is 7. The SMILES string of the molecule is CC.CC.CC.CC.Cc1ccc(N=C2N=C(N)C(=O)C=C2Nc2ccc(C)cc2)cc1.Cc1ccc(Nc2cc(O)c(N)nc2Nc2ccc(C)cc2)cc1. The van der Waals surface area contributed by atoms with E-state index in [-0.39, 0.29) is 23.2 Å². The minimum atomic E-state index is -0.326. The average molecular weight is 759 g/mol. The Bertz CT molecular complexity index is 1930. The second-order valence-electron chi connectivity index (χ2n) is 11.5. The van der Waals surface area contributed by atoms with Crippen LogP contribution in [-0.4, -0.2) is 27.5 Å². The monoisotopic (exact) mass is 758 g/mol. The predicted octanol–water partition coefficient (Wildman–Crippen LogP) is 11.8. The van der Waals surface area contributed by atoms with E-state index in [0.717, 1.165) is 33.9 Å². The third-order valence-corrected chi connectivity index (χ3v) is 7.27. The summed E-state index contributed by atoms with van der Waals surface area (Å²) in [6, 6.07) is 33.1. The van der Waals surface area contributed by atoms with Crippen LogP contribution in [0.4, 0.5) is 40.1 Å². The van der Waals surface area contributed by atoms with Gasteiger partial charge in [-0.15, -0.1) is 0 Å². The number of hydrogen-bond acceptors (Lipinski definition) is 9. The number of nitrogens with zero attached hydrogens (tertiary/aromatic N) is 3. The first-order valence-corrected chi connectivity index (χ1v) is 19.3. The average Bonchev–Trinajstić information content (AvgIpc) is 3.22. The molecule has 298 valence electrons. The molecule has 0 saturated heterocycles. The van der Waals surface area contributed by atoms with Gasteiger partial charge in [0.15, 0.2) is 29.1 Å². The van der Waals surface area contributed by atoms with Crippen molar-refractivity contribution < 1.29 is 9.90 Å². The van der Waals surface area contributed by atoms with E-state index in [1.165, 1.54) is 17.2 Å².